The number of hydrogen-bond donors (Lipinski definition) is 0. The second-order valence-corrected chi connectivity index (χ2v) is 18.0. The van der Waals surface area contributed by atoms with Crippen molar-refractivity contribution in [1.29, 1.82) is 0 Å². The van der Waals surface area contributed by atoms with Crippen LogP contribution in [0.1, 0.15) is 11.3 Å². The molecule has 1 rings (SSSR count). The highest BCUT2D eigenvalue weighted by Gasteiger charge is 2.27. The van der Waals surface area contributed by atoms with Crippen LogP contribution in [0.25, 0.3) is 0 Å². The molecular weight excluding hydrogens is 301 g/mol. The number of rotatable bonds is 7. The standard InChI is InChI=1S/C14H28NO2PSi2/c1-13-8-9-14(12-15-13)10-11-18(16-19(2,3)4)17-20(5,6)7/h8-9,12H,10-11H2,1-7H3. The zero-order chi connectivity index (χ0) is 15.4. The SMILES string of the molecule is Cc1ccc(CCP(O[Si](C)(C)C)O[Si](C)(C)C)cn1. The molecule has 0 aliphatic carbocycles. The molecule has 0 spiro atoms. The van der Waals surface area contributed by atoms with Crippen molar-refractivity contribution in [2.45, 2.75) is 52.6 Å². The Morgan fingerprint density at radius 2 is 1.55 bits per heavy atom. The van der Waals surface area contributed by atoms with E-state index in [-0.39, 0.29) is 0 Å². The minimum atomic E-state index is -1.56. The molecule has 0 unspecified atom stereocenters. The van der Waals surface area contributed by atoms with E-state index in [1.165, 1.54) is 5.56 Å². The van der Waals surface area contributed by atoms with Gasteiger partial charge in [0.2, 0.25) is 0 Å². The average Bonchev–Trinajstić information content (AvgIpc) is 2.23. The molecule has 0 aliphatic heterocycles. The van der Waals surface area contributed by atoms with Gasteiger partial charge in [-0.2, -0.15) is 0 Å². The summed E-state index contributed by atoms with van der Waals surface area (Å²) in [5.74, 6) is 0. The van der Waals surface area contributed by atoms with Crippen molar-refractivity contribution in [3.63, 3.8) is 0 Å². The Morgan fingerprint density at radius 1 is 1.00 bits per heavy atom. The highest BCUT2D eigenvalue weighted by Crippen LogP contribution is 2.44. The first-order valence-electron chi connectivity index (χ1n) is 7.12. The third kappa shape index (κ3) is 8.27. The van der Waals surface area contributed by atoms with Gasteiger partial charge in [0.1, 0.15) is 8.38 Å². The van der Waals surface area contributed by atoms with Gasteiger partial charge >= 0.3 is 0 Å². The maximum absolute atomic E-state index is 6.26. The molecule has 0 radical (unpaired) electrons. The van der Waals surface area contributed by atoms with E-state index in [0.29, 0.717) is 0 Å². The maximum atomic E-state index is 6.26. The topological polar surface area (TPSA) is 31.4 Å². The van der Waals surface area contributed by atoms with Gasteiger partial charge in [0.15, 0.2) is 16.6 Å². The van der Waals surface area contributed by atoms with Crippen molar-refractivity contribution in [2.24, 2.45) is 0 Å². The lowest BCUT2D eigenvalue weighted by Gasteiger charge is -2.30. The van der Waals surface area contributed by atoms with Crippen molar-refractivity contribution in [1.82, 2.24) is 4.98 Å². The van der Waals surface area contributed by atoms with Crippen molar-refractivity contribution in [3.8, 4) is 0 Å². The van der Waals surface area contributed by atoms with E-state index in [0.717, 1.165) is 18.3 Å². The molecule has 0 fully saturated rings. The van der Waals surface area contributed by atoms with Gasteiger partial charge in [-0.05, 0) is 64.3 Å². The van der Waals surface area contributed by atoms with Crippen LogP contribution in [0, 0.1) is 6.92 Å². The van der Waals surface area contributed by atoms with Crippen LogP contribution in [-0.4, -0.2) is 27.8 Å². The van der Waals surface area contributed by atoms with Crippen LogP contribution in [0.15, 0.2) is 18.3 Å². The summed E-state index contributed by atoms with van der Waals surface area (Å²) in [6.45, 7) is 15.4. The summed E-state index contributed by atoms with van der Waals surface area (Å²) in [5.41, 5.74) is 2.33. The van der Waals surface area contributed by atoms with E-state index in [2.05, 4.69) is 56.4 Å². The van der Waals surface area contributed by atoms with Crippen LogP contribution in [-0.2, 0) is 14.8 Å². The van der Waals surface area contributed by atoms with Gasteiger partial charge in [0.25, 0.3) is 0 Å². The Labute approximate surface area is 127 Å². The lowest BCUT2D eigenvalue weighted by Crippen LogP contribution is -2.29. The minimum absolute atomic E-state index is 0.772. The Bertz CT molecular complexity index is 397. The van der Waals surface area contributed by atoms with Crippen LogP contribution < -0.4 is 0 Å². The molecule has 0 aromatic carbocycles. The van der Waals surface area contributed by atoms with Crippen LogP contribution in [0.3, 0.4) is 0 Å². The van der Waals surface area contributed by atoms with Crippen LogP contribution in [0.5, 0.6) is 0 Å². The number of aryl methyl sites for hydroxylation is 2. The second kappa shape index (κ2) is 7.27. The van der Waals surface area contributed by atoms with Gasteiger partial charge < -0.3 is 8.43 Å². The molecule has 3 nitrogen and oxygen atoms in total. The summed E-state index contributed by atoms with van der Waals surface area (Å²) in [5, 5.41) is 0. The smallest absolute Gasteiger partial charge is 0.191 e. The quantitative estimate of drug-likeness (QED) is 0.524. The number of aromatic nitrogens is 1. The predicted molar refractivity (Wildman–Crippen MR) is 93.3 cm³/mol. The molecule has 0 N–H and O–H groups in total. The predicted octanol–water partition coefficient (Wildman–Crippen LogP) is 4.95. The van der Waals surface area contributed by atoms with E-state index in [9.17, 15) is 0 Å². The van der Waals surface area contributed by atoms with Gasteiger partial charge in [-0.1, -0.05) is 6.07 Å². The molecule has 0 bridgehead atoms. The van der Waals surface area contributed by atoms with E-state index in [1.807, 2.05) is 13.1 Å². The molecule has 0 aliphatic rings. The lowest BCUT2D eigenvalue weighted by atomic mass is 10.2. The van der Waals surface area contributed by atoms with Crippen molar-refractivity contribution < 1.29 is 8.43 Å². The zero-order valence-corrected chi connectivity index (χ0v) is 16.8. The highest BCUT2D eigenvalue weighted by atomic mass is 31.2. The summed E-state index contributed by atoms with van der Waals surface area (Å²) in [6, 6.07) is 4.22. The van der Waals surface area contributed by atoms with Crippen molar-refractivity contribution in [2.75, 3.05) is 6.16 Å². The molecule has 0 saturated carbocycles. The molecule has 20 heavy (non-hydrogen) atoms. The maximum Gasteiger partial charge on any atom is 0.191 e. The fourth-order valence-electron chi connectivity index (χ4n) is 1.59. The van der Waals surface area contributed by atoms with Gasteiger partial charge in [-0.3, -0.25) is 4.98 Å². The van der Waals surface area contributed by atoms with Crippen molar-refractivity contribution >= 4 is 25.0 Å². The second-order valence-electron chi connectivity index (χ2n) is 7.02. The van der Waals surface area contributed by atoms with Crippen LogP contribution >= 0.6 is 8.38 Å². The highest BCUT2D eigenvalue weighted by molar-refractivity contribution is 7.50. The minimum Gasteiger partial charge on any atom is -0.376 e. The summed E-state index contributed by atoms with van der Waals surface area (Å²) in [4.78, 5) is 4.35. The Kier molecular flexibility index (Phi) is 6.54. The summed E-state index contributed by atoms with van der Waals surface area (Å²) < 4.78 is 12.5. The number of hydrogen-bond acceptors (Lipinski definition) is 3. The molecule has 114 valence electrons. The fraction of sp³-hybridized carbons (Fsp3) is 0.643. The zero-order valence-electron chi connectivity index (χ0n) is 13.9. The van der Waals surface area contributed by atoms with Gasteiger partial charge in [0.05, 0.1) is 0 Å². The third-order valence-electron chi connectivity index (χ3n) is 2.31. The molecule has 0 atom stereocenters. The lowest BCUT2D eigenvalue weighted by molar-refractivity contribution is 0.488. The first-order chi connectivity index (χ1) is 9.05. The molecule has 0 amide bonds. The van der Waals surface area contributed by atoms with Crippen LogP contribution in [0.2, 0.25) is 39.3 Å². The Balaban J connectivity index is 2.62. The largest absolute Gasteiger partial charge is 0.376 e. The van der Waals surface area contributed by atoms with E-state index >= 15 is 0 Å². The molecule has 1 heterocycles. The van der Waals surface area contributed by atoms with E-state index in [4.69, 9.17) is 8.43 Å². The first kappa shape index (κ1) is 18.0. The third-order valence-corrected chi connectivity index (χ3v) is 8.91. The average molecular weight is 330 g/mol. The Hall–Kier alpha value is -0.0662. The summed E-state index contributed by atoms with van der Waals surface area (Å²) in [6.07, 6.45) is 3.91. The van der Waals surface area contributed by atoms with Crippen LogP contribution in [0.4, 0.5) is 0 Å². The van der Waals surface area contributed by atoms with Gasteiger partial charge in [0, 0.05) is 18.1 Å². The van der Waals surface area contributed by atoms with E-state index in [1.54, 1.807) is 0 Å². The number of nitrogens with zero attached hydrogens (tertiary/aromatic N) is 1. The molecular formula is C14H28NO2PSi2. The fourth-order valence-corrected chi connectivity index (χ4v) is 8.13. The normalized spacial score (nSPS) is 13.0. The van der Waals surface area contributed by atoms with Gasteiger partial charge in [-0.25, -0.2) is 0 Å². The van der Waals surface area contributed by atoms with Crippen molar-refractivity contribution in [3.05, 3.63) is 29.6 Å². The molecule has 1 aromatic rings. The number of pyridine rings is 1. The van der Waals surface area contributed by atoms with Gasteiger partial charge in [-0.15, -0.1) is 0 Å². The molecule has 6 heteroatoms. The first-order valence-corrected chi connectivity index (χ1v) is 15.3. The Morgan fingerprint density at radius 3 is 1.95 bits per heavy atom. The monoisotopic (exact) mass is 329 g/mol. The summed E-state index contributed by atoms with van der Waals surface area (Å²) in [7, 11) is -3.89. The molecule has 0 saturated heterocycles. The van der Waals surface area contributed by atoms with E-state index < -0.39 is 25.0 Å². The summed E-state index contributed by atoms with van der Waals surface area (Å²) >= 11 is 0. The molecule has 1 aromatic heterocycles.